The highest BCUT2D eigenvalue weighted by Gasteiger charge is 2.51. The summed E-state index contributed by atoms with van der Waals surface area (Å²) < 4.78 is 33.2. The van der Waals surface area contributed by atoms with E-state index < -0.39 is 75.7 Å². The van der Waals surface area contributed by atoms with Crippen molar-refractivity contribution in [2.75, 3.05) is 13.2 Å². The Balaban J connectivity index is 2.46. The van der Waals surface area contributed by atoms with E-state index >= 15 is 0 Å². The van der Waals surface area contributed by atoms with Gasteiger partial charge >= 0.3 is 19.8 Å². The molecular weight excluding hydrogens is 683 g/mol. The summed E-state index contributed by atoms with van der Waals surface area (Å²) in [6, 6.07) is 0. The molecule has 13 nitrogen and oxygen atoms in total. The third-order valence-corrected chi connectivity index (χ3v) is 10.2. The van der Waals surface area contributed by atoms with E-state index in [4.69, 9.17) is 18.5 Å². The van der Waals surface area contributed by atoms with E-state index in [0.29, 0.717) is 12.8 Å². The zero-order chi connectivity index (χ0) is 37.9. The van der Waals surface area contributed by atoms with Crippen molar-refractivity contribution in [3.8, 4) is 0 Å². The van der Waals surface area contributed by atoms with Crippen molar-refractivity contribution in [2.24, 2.45) is 0 Å². The van der Waals surface area contributed by atoms with Crippen LogP contribution in [0.2, 0.25) is 0 Å². The van der Waals surface area contributed by atoms with E-state index in [1.54, 1.807) is 0 Å². The predicted molar refractivity (Wildman–Crippen MR) is 194 cm³/mol. The third-order valence-electron chi connectivity index (χ3n) is 9.25. The number of carbonyl (C=O) groups excluding carboxylic acids is 2. The fourth-order valence-corrected chi connectivity index (χ4v) is 7.00. The lowest BCUT2D eigenvalue weighted by molar-refractivity contribution is -0.220. The maximum Gasteiger partial charge on any atom is 0.472 e. The quantitative estimate of drug-likeness (QED) is 0.0204. The lowest BCUT2D eigenvalue weighted by Gasteiger charge is -2.41. The minimum Gasteiger partial charge on any atom is -0.462 e. The Morgan fingerprint density at radius 2 is 1.04 bits per heavy atom. The zero-order valence-electron chi connectivity index (χ0n) is 31.0. The highest BCUT2D eigenvalue weighted by Crippen LogP contribution is 2.47. The zero-order valence-corrected chi connectivity index (χ0v) is 31.9. The minimum absolute atomic E-state index is 0.0977. The molecule has 300 valence electrons. The Morgan fingerprint density at radius 1 is 0.627 bits per heavy atom. The summed E-state index contributed by atoms with van der Waals surface area (Å²) in [4.78, 5) is 35.3. The van der Waals surface area contributed by atoms with Crippen LogP contribution < -0.4 is 0 Å². The molecule has 1 saturated carbocycles. The van der Waals surface area contributed by atoms with Crippen molar-refractivity contribution >= 4 is 19.8 Å². The van der Waals surface area contributed by atoms with Crippen LogP contribution in [0.25, 0.3) is 0 Å². The second kappa shape index (κ2) is 29.0. The Bertz CT molecular complexity index is 951. The van der Waals surface area contributed by atoms with Crippen LogP contribution in [0.15, 0.2) is 12.7 Å². The molecule has 0 heterocycles. The van der Waals surface area contributed by atoms with Gasteiger partial charge in [0, 0.05) is 12.8 Å². The molecule has 1 aliphatic rings. The van der Waals surface area contributed by atoms with Crippen LogP contribution in [0.4, 0.5) is 0 Å². The van der Waals surface area contributed by atoms with Gasteiger partial charge < -0.3 is 39.9 Å². The summed E-state index contributed by atoms with van der Waals surface area (Å²) in [5, 5.41) is 49.8. The normalized spacial score (nSPS) is 23.7. The highest BCUT2D eigenvalue weighted by atomic mass is 31.2. The van der Waals surface area contributed by atoms with Crippen molar-refractivity contribution in [1.29, 1.82) is 0 Å². The van der Waals surface area contributed by atoms with Gasteiger partial charge in [0.15, 0.2) is 6.10 Å². The second-order valence-electron chi connectivity index (χ2n) is 13.9. The SMILES string of the molecule is C=CCCCCCCCCCCCCCCCC(=O)OC[C@@H](COP(=O)(O)OC1C(O)C(O)C(O)[C@H](O)C1O)OC(=O)CCCCCCCCC. The van der Waals surface area contributed by atoms with Crippen LogP contribution >= 0.6 is 7.82 Å². The summed E-state index contributed by atoms with van der Waals surface area (Å²) in [5.74, 6) is -1.11. The van der Waals surface area contributed by atoms with E-state index in [9.17, 15) is 44.6 Å². The predicted octanol–water partition coefficient (Wildman–Crippen LogP) is 5.94. The first kappa shape index (κ1) is 47.6. The molecule has 0 radical (unpaired) electrons. The number of esters is 2. The summed E-state index contributed by atoms with van der Waals surface area (Å²) in [7, 11) is -5.10. The van der Waals surface area contributed by atoms with Crippen molar-refractivity contribution in [3.05, 3.63) is 12.7 Å². The first-order valence-electron chi connectivity index (χ1n) is 19.5. The molecule has 0 spiro atoms. The Kier molecular flexibility index (Phi) is 27.1. The molecule has 6 N–H and O–H groups in total. The summed E-state index contributed by atoms with van der Waals surface area (Å²) >= 11 is 0. The lowest BCUT2D eigenvalue weighted by Crippen LogP contribution is -2.64. The topological polar surface area (TPSA) is 210 Å². The van der Waals surface area contributed by atoms with Crippen LogP contribution in [-0.4, -0.2) is 98.3 Å². The molecule has 14 heteroatoms. The van der Waals surface area contributed by atoms with Gasteiger partial charge in [0.25, 0.3) is 0 Å². The Hall–Kier alpha value is -1.41. The monoisotopic (exact) mass is 752 g/mol. The number of phosphoric ester groups is 1. The van der Waals surface area contributed by atoms with Gasteiger partial charge in [0.2, 0.25) is 0 Å². The van der Waals surface area contributed by atoms with Gasteiger partial charge in [0.1, 0.15) is 43.2 Å². The van der Waals surface area contributed by atoms with Gasteiger partial charge in [-0.15, -0.1) is 6.58 Å². The number of hydrogen-bond acceptors (Lipinski definition) is 12. The largest absolute Gasteiger partial charge is 0.472 e. The number of unbranched alkanes of at least 4 members (excludes halogenated alkanes) is 19. The molecule has 1 rings (SSSR count). The smallest absolute Gasteiger partial charge is 0.462 e. The van der Waals surface area contributed by atoms with Crippen molar-refractivity contribution in [2.45, 2.75) is 197 Å². The number of carbonyl (C=O) groups is 2. The van der Waals surface area contributed by atoms with Crippen LogP contribution in [0.5, 0.6) is 0 Å². The number of ether oxygens (including phenoxy) is 2. The lowest BCUT2D eigenvalue weighted by atomic mass is 9.85. The van der Waals surface area contributed by atoms with E-state index in [1.165, 1.54) is 64.2 Å². The molecule has 0 aromatic carbocycles. The molecule has 0 bridgehead atoms. The minimum atomic E-state index is -5.10. The van der Waals surface area contributed by atoms with Crippen molar-refractivity contribution in [1.82, 2.24) is 0 Å². The van der Waals surface area contributed by atoms with Crippen LogP contribution in [-0.2, 0) is 32.7 Å². The van der Waals surface area contributed by atoms with E-state index in [0.717, 1.165) is 57.8 Å². The molecule has 0 aromatic rings. The summed E-state index contributed by atoms with van der Waals surface area (Å²) in [6.45, 7) is 4.73. The van der Waals surface area contributed by atoms with Gasteiger partial charge in [-0.1, -0.05) is 122 Å². The Labute approximate surface area is 305 Å². The molecule has 6 unspecified atom stereocenters. The molecule has 0 saturated heterocycles. The number of rotatable bonds is 32. The molecule has 51 heavy (non-hydrogen) atoms. The molecule has 0 aromatic heterocycles. The first-order chi connectivity index (χ1) is 24.4. The van der Waals surface area contributed by atoms with Crippen LogP contribution in [0, 0.1) is 0 Å². The van der Waals surface area contributed by atoms with E-state index in [1.807, 2.05) is 6.08 Å². The fraction of sp³-hybridized carbons (Fsp3) is 0.892. The average Bonchev–Trinajstić information content (AvgIpc) is 3.10. The third kappa shape index (κ3) is 22.4. The van der Waals surface area contributed by atoms with Gasteiger partial charge in [-0.3, -0.25) is 18.6 Å². The average molecular weight is 753 g/mol. The number of allylic oxidation sites excluding steroid dienone is 1. The first-order valence-corrected chi connectivity index (χ1v) is 20.9. The maximum absolute atomic E-state index is 12.7. The standard InChI is InChI=1S/C37H69O13P/c1-3-5-7-9-11-12-13-14-15-16-17-18-20-21-23-25-30(38)47-27-29(49-31(39)26-24-22-19-10-8-6-4-2)28-48-51(45,46)50-37-35(43)33(41)32(40)34(42)36(37)44/h3,29,32-37,40-44H,1,4-28H2,2H3,(H,45,46)/t29-,32?,33-,34?,35?,36?,37?/m0/s1. The summed E-state index contributed by atoms with van der Waals surface area (Å²) in [6.07, 6.45) is 12.1. The second-order valence-corrected chi connectivity index (χ2v) is 15.3. The molecular formula is C37H69O13P. The molecule has 0 amide bonds. The fourth-order valence-electron chi connectivity index (χ4n) is 6.03. The summed E-state index contributed by atoms with van der Waals surface area (Å²) in [5.41, 5.74) is 0. The van der Waals surface area contributed by atoms with Gasteiger partial charge in [-0.05, 0) is 25.7 Å². The van der Waals surface area contributed by atoms with Crippen molar-refractivity contribution < 1.29 is 63.1 Å². The molecule has 0 aliphatic heterocycles. The van der Waals surface area contributed by atoms with Crippen molar-refractivity contribution in [3.63, 3.8) is 0 Å². The van der Waals surface area contributed by atoms with E-state index in [-0.39, 0.29) is 12.8 Å². The number of phosphoric acid groups is 1. The Morgan fingerprint density at radius 3 is 1.51 bits per heavy atom. The van der Waals surface area contributed by atoms with Gasteiger partial charge in [-0.2, -0.15) is 0 Å². The van der Waals surface area contributed by atoms with Gasteiger partial charge in [-0.25, -0.2) is 4.57 Å². The molecule has 1 fully saturated rings. The number of aliphatic hydroxyl groups is 5. The highest BCUT2D eigenvalue weighted by molar-refractivity contribution is 7.47. The van der Waals surface area contributed by atoms with E-state index in [2.05, 4.69) is 13.5 Å². The molecule has 8 atom stereocenters. The van der Waals surface area contributed by atoms with Crippen LogP contribution in [0.1, 0.15) is 155 Å². The van der Waals surface area contributed by atoms with Gasteiger partial charge in [0.05, 0.1) is 6.61 Å². The maximum atomic E-state index is 12.7. The van der Waals surface area contributed by atoms with Crippen LogP contribution in [0.3, 0.4) is 0 Å². The number of hydrogen-bond donors (Lipinski definition) is 6. The molecule has 1 aliphatic carbocycles. The number of aliphatic hydroxyl groups excluding tert-OH is 5.